The Morgan fingerprint density at radius 3 is 3.00 bits per heavy atom. The molecule has 1 unspecified atom stereocenters. The van der Waals surface area contributed by atoms with Gasteiger partial charge in [0.15, 0.2) is 5.13 Å². The van der Waals surface area contributed by atoms with E-state index in [9.17, 15) is 9.59 Å². The normalized spacial score (nSPS) is 16.5. The fourth-order valence-corrected chi connectivity index (χ4v) is 3.58. The Morgan fingerprint density at radius 2 is 2.12 bits per heavy atom. The third kappa shape index (κ3) is 2.59. The minimum Gasteiger partial charge on any atom is -0.375 e. The molecule has 0 aliphatic carbocycles. The van der Waals surface area contributed by atoms with Crippen molar-refractivity contribution in [1.29, 1.82) is 0 Å². The van der Waals surface area contributed by atoms with Gasteiger partial charge in [0.05, 0.1) is 22.7 Å². The summed E-state index contributed by atoms with van der Waals surface area (Å²) in [5.74, 6) is -0.347. The van der Waals surface area contributed by atoms with Gasteiger partial charge in [0.25, 0.3) is 5.91 Å². The minimum absolute atomic E-state index is 0.110. The van der Waals surface area contributed by atoms with Crippen molar-refractivity contribution in [2.24, 2.45) is 0 Å². The SMILES string of the molecule is Nc1nc2cc(C(=O)NC3CC(=O)Nc4ccccc43)ccc2s1. The third-order valence-electron chi connectivity index (χ3n) is 3.97. The second kappa shape index (κ2) is 5.61. The van der Waals surface area contributed by atoms with E-state index in [1.165, 1.54) is 11.3 Å². The topological polar surface area (TPSA) is 97.1 Å². The van der Waals surface area contributed by atoms with Gasteiger partial charge in [-0.15, -0.1) is 0 Å². The number of aromatic nitrogens is 1. The summed E-state index contributed by atoms with van der Waals surface area (Å²) in [7, 11) is 0. The highest BCUT2D eigenvalue weighted by Crippen LogP contribution is 2.30. The number of hydrogen-bond acceptors (Lipinski definition) is 5. The Labute approximate surface area is 141 Å². The summed E-state index contributed by atoms with van der Waals surface area (Å²) in [5, 5.41) is 6.23. The molecule has 4 rings (SSSR count). The Hall–Kier alpha value is -2.93. The summed E-state index contributed by atoms with van der Waals surface area (Å²) in [5.41, 5.74) is 8.54. The van der Waals surface area contributed by atoms with Crippen LogP contribution in [0.15, 0.2) is 42.5 Å². The van der Waals surface area contributed by atoms with Crippen LogP contribution in [0, 0.1) is 0 Å². The molecule has 0 fully saturated rings. The van der Waals surface area contributed by atoms with E-state index < -0.39 is 0 Å². The average Bonchev–Trinajstić information content (AvgIpc) is 2.93. The molecule has 0 saturated carbocycles. The lowest BCUT2D eigenvalue weighted by Crippen LogP contribution is -2.35. The third-order valence-corrected chi connectivity index (χ3v) is 4.84. The van der Waals surface area contributed by atoms with Crippen molar-refractivity contribution < 1.29 is 9.59 Å². The van der Waals surface area contributed by atoms with Crippen LogP contribution in [-0.2, 0) is 4.79 Å². The minimum atomic E-state index is -0.348. The number of benzene rings is 2. The van der Waals surface area contributed by atoms with E-state index in [2.05, 4.69) is 15.6 Å². The molecule has 0 saturated heterocycles. The number of nitrogens with two attached hydrogens (primary N) is 1. The van der Waals surface area contributed by atoms with Crippen molar-refractivity contribution >= 4 is 44.2 Å². The number of anilines is 2. The van der Waals surface area contributed by atoms with Crippen LogP contribution in [-0.4, -0.2) is 16.8 Å². The zero-order chi connectivity index (χ0) is 16.7. The molecule has 3 aromatic rings. The molecule has 7 heteroatoms. The molecule has 1 aliphatic heterocycles. The maximum Gasteiger partial charge on any atom is 0.251 e. The van der Waals surface area contributed by atoms with E-state index in [4.69, 9.17) is 5.73 Å². The van der Waals surface area contributed by atoms with Crippen molar-refractivity contribution in [2.45, 2.75) is 12.5 Å². The Morgan fingerprint density at radius 1 is 1.29 bits per heavy atom. The number of carbonyl (C=O) groups is 2. The van der Waals surface area contributed by atoms with Gasteiger partial charge in [0.1, 0.15) is 0 Å². The first-order valence-corrected chi connectivity index (χ1v) is 8.27. The molecule has 120 valence electrons. The summed E-state index contributed by atoms with van der Waals surface area (Å²) < 4.78 is 0.937. The van der Waals surface area contributed by atoms with Crippen LogP contribution in [0.5, 0.6) is 0 Å². The van der Waals surface area contributed by atoms with E-state index in [1.807, 2.05) is 30.3 Å². The van der Waals surface area contributed by atoms with Gasteiger partial charge in [0, 0.05) is 11.3 Å². The zero-order valence-electron chi connectivity index (χ0n) is 12.6. The molecule has 2 amide bonds. The number of nitrogens with one attached hydrogen (secondary N) is 2. The summed E-state index contributed by atoms with van der Waals surface area (Å²) in [6.07, 6.45) is 0.217. The van der Waals surface area contributed by atoms with E-state index in [0.717, 1.165) is 16.0 Å². The van der Waals surface area contributed by atoms with Crippen molar-refractivity contribution in [3.8, 4) is 0 Å². The second-order valence-electron chi connectivity index (χ2n) is 5.60. The maximum atomic E-state index is 12.6. The number of hydrogen-bond donors (Lipinski definition) is 3. The van der Waals surface area contributed by atoms with Crippen LogP contribution in [0.4, 0.5) is 10.8 Å². The van der Waals surface area contributed by atoms with Crippen molar-refractivity contribution in [3.05, 3.63) is 53.6 Å². The van der Waals surface area contributed by atoms with Gasteiger partial charge < -0.3 is 16.4 Å². The number of para-hydroxylation sites is 1. The fraction of sp³-hybridized carbons (Fsp3) is 0.118. The predicted octanol–water partition coefficient (Wildman–Crippen LogP) is 2.69. The molecule has 2 aromatic carbocycles. The summed E-state index contributed by atoms with van der Waals surface area (Å²) in [4.78, 5) is 28.6. The smallest absolute Gasteiger partial charge is 0.251 e. The fourth-order valence-electron chi connectivity index (χ4n) is 2.87. The van der Waals surface area contributed by atoms with Gasteiger partial charge in [-0.25, -0.2) is 4.98 Å². The van der Waals surface area contributed by atoms with Crippen molar-refractivity contribution in [3.63, 3.8) is 0 Å². The monoisotopic (exact) mass is 338 g/mol. The van der Waals surface area contributed by atoms with E-state index in [-0.39, 0.29) is 24.3 Å². The zero-order valence-corrected chi connectivity index (χ0v) is 13.4. The lowest BCUT2D eigenvalue weighted by atomic mass is 9.97. The lowest BCUT2D eigenvalue weighted by Gasteiger charge is -2.26. The Balaban J connectivity index is 1.62. The number of rotatable bonds is 2. The molecule has 1 aliphatic rings. The first kappa shape index (κ1) is 14.6. The highest BCUT2D eigenvalue weighted by Gasteiger charge is 2.26. The molecule has 2 heterocycles. The van der Waals surface area contributed by atoms with Gasteiger partial charge in [-0.05, 0) is 29.8 Å². The van der Waals surface area contributed by atoms with Gasteiger partial charge in [-0.2, -0.15) is 0 Å². The molecule has 0 radical (unpaired) electrons. The molecule has 0 bridgehead atoms. The van der Waals surface area contributed by atoms with Crippen LogP contribution in [0.1, 0.15) is 28.4 Å². The van der Waals surface area contributed by atoms with Crippen LogP contribution < -0.4 is 16.4 Å². The summed E-state index contributed by atoms with van der Waals surface area (Å²) >= 11 is 1.38. The van der Waals surface area contributed by atoms with Gasteiger partial charge >= 0.3 is 0 Å². The number of carbonyl (C=O) groups excluding carboxylic acids is 2. The van der Waals surface area contributed by atoms with Crippen LogP contribution >= 0.6 is 11.3 Å². The number of amides is 2. The van der Waals surface area contributed by atoms with Crippen LogP contribution in [0.3, 0.4) is 0 Å². The van der Waals surface area contributed by atoms with Crippen LogP contribution in [0.25, 0.3) is 10.2 Å². The molecule has 1 aromatic heterocycles. The largest absolute Gasteiger partial charge is 0.375 e. The van der Waals surface area contributed by atoms with Crippen molar-refractivity contribution in [2.75, 3.05) is 11.1 Å². The van der Waals surface area contributed by atoms with Crippen molar-refractivity contribution in [1.82, 2.24) is 10.3 Å². The molecule has 24 heavy (non-hydrogen) atoms. The highest BCUT2D eigenvalue weighted by atomic mass is 32.1. The van der Waals surface area contributed by atoms with Gasteiger partial charge in [-0.1, -0.05) is 29.5 Å². The maximum absolute atomic E-state index is 12.6. The average molecular weight is 338 g/mol. The summed E-state index contributed by atoms with van der Waals surface area (Å²) in [6, 6.07) is 12.4. The van der Waals surface area contributed by atoms with Gasteiger partial charge in [0.2, 0.25) is 5.91 Å². The Kier molecular flexibility index (Phi) is 3.42. The molecule has 6 nitrogen and oxygen atoms in total. The second-order valence-corrected chi connectivity index (χ2v) is 6.66. The van der Waals surface area contributed by atoms with E-state index >= 15 is 0 Å². The number of fused-ring (bicyclic) bond motifs is 2. The van der Waals surface area contributed by atoms with Crippen LogP contribution in [0.2, 0.25) is 0 Å². The number of nitrogens with zero attached hydrogens (tertiary/aromatic N) is 1. The first-order chi connectivity index (χ1) is 11.6. The molecular weight excluding hydrogens is 324 g/mol. The number of nitrogen functional groups attached to an aromatic ring is 1. The van der Waals surface area contributed by atoms with E-state index in [1.54, 1.807) is 12.1 Å². The predicted molar refractivity (Wildman–Crippen MR) is 93.9 cm³/mol. The Bertz CT molecular complexity index is 966. The quantitative estimate of drug-likeness (QED) is 0.669. The lowest BCUT2D eigenvalue weighted by molar-refractivity contribution is -0.116. The van der Waals surface area contributed by atoms with E-state index in [0.29, 0.717) is 16.2 Å². The van der Waals surface area contributed by atoms with Gasteiger partial charge in [-0.3, -0.25) is 9.59 Å². The molecule has 4 N–H and O–H groups in total. The standard InChI is InChI=1S/C17H14N4O2S/c18-17-21-13-7-9(5-6-14(13)24-17)16(23)20-12-8-15(22)19-11-4-2-1-3-10(11)12/h1-7,12H,8H2,(H2,18,21)(H,19,22)(H,20,23). The molecular formula is C17H14N4O2S. The molecule has 0 spiro atoms. The highest BCUT2D eigenvalue weighted by molar-refractivity contribution is 7.22. The summed E-state index contributed by atoms with van der Waals surface area (Å²) in [6.45, 7) is 0. The molecule has 1 atom stereocenters. The first-order valence-electron chi connectivity index (χ1n) is 7.46. The number of thiazole rings is 1.